The molecule has 2 aliphatic rings. The van der Waals surface area contributed by atoms with Gasteiger partial charge in [-0.3, -0.25) is 4.57 Å². The van der Waals surface area contributed by atoms with Gasteiger partial charge in [0.15, 0.2) is 9.84 Å². The summed E-state index contributed by atoms with van der Waals surface area (Å²) in [5.74, 6) is 0.850. The van der Waals surface area contributed by atoms with E-state index in [0.29, 0.717) is 17.5 Å². The van der Waals surface area contributed by atoms with Crippen molar-refractivity contribution in [2.45, 2.75) is 36.0 Å². The molecule has 2 atom stereocenters. The lowest BCUT2D eigenvalue weighted by atomic mass is 9.95. The predicted molar refractivity (Wildman–Crippen MR) is 81.5 cm³/mol. The first-order chi connectivity index (χ1) is 10.4. The first-order valence-corrected chi connectivity index (χ1v) is 9.24. The number of sulfone groups is 1. The minimum absolute atomic E-state index is 0.0896. The third-order valence-corrected chi connectivity index (χ3v) is 6.10. The molecule has 1 fully saturated rings. The Hall–Kier alpha value is -1.95. The Morgan fingerprint density at radius 3 is 1.95 bits per heavy atom. The summed E-state index contributed by atoms with van der Waals surface area (Å²) in [6.45, 7) is 0. The summed E-state index contributed by atoms with van der Waals surface area (Å²) in [5, 5.41) is 21.0. The molecule has 2 aliphatic carbocycles. The lowest BCUT2D eigenvalue weighted by Gasteiger charge is -2.10. The van der Waals surface area contributed by atoms with Gasteiger partial charge in [0.05, 0.1) is 10.6 Å². The SMILES string of the molecule is CS(=O)(=O)c1ccc(-n2c(O)c3c(c2O)[C@H]2CC[C@@H]3C2)cc1. The quantitative estimate of drug-likeness (QED) is 0.892. The van der Waals surface area contributed by atoms with Crippen molar-refractivity contribution >= 4 is 9.84 Å². The van der Waals surface area contributed by atoms with Gasteiger partial charge in [-0.25, -0.2) is 8.42 Å². The molecule has 0 amide bonds. The second-order valence-corrected chi connectivity index (χ2v) is 8.30. The Kier molecular flexibility index (Phi) is 2.67. The van der Waals surface area contributed by atoms with E-state index in [1.807, 2.05) is 0 Å². The third kappa shape index (κ3) is 1.73. The van der Waals surface area contributed by atoms with E-state index in [9.17, 15) is 18.6 Å². The van der Waals surface area contributed by atoms with Crippen molar-refractivity contribution in [1.29, 1.82) is 0 Å². The van der Waals surface area contributed by atoms with Gasteiger partial charge in [0.1, 0.15) is 0 Å². The van der Waals surface area contributed by atoms with Gasteiger partial charge in [-0.1, -0.05) is 0 Å². The number of hydrogen-bond donors (Lipinski definition) is 2. The number of hydrogen-bond acceptors (Lipinski definition) is 4. The molecule has 1 aromatic heterocycles. The molecular formula is C16H17NO4S. The largest absolute Gasteiger partial charge is 0.494 e. The van der Waals surface area contributed by atoms with Crippen LogP contribution >= 0.6 is 0 Å². The summed E-state index contributed by atoms with van der Waals surface area (Å²) in [7, 11) is -3.26. The van der Waals surface area contributed by atoms with Crippen LogP contribution in [0.3, 0.4) is 0 Å². The summed E-state index contributed by atoms with van der Waals surface area (Å²) >= 11 is 0. The fourth-order valence-electron chi connectivity index (χ4n) is 3.98. The van der Waals surface area contributed by atoms with Crippen LogP contribution in [-0.4, -0.2) is 29.5 Å². The minimum Gasteiger partial charge on any atom is -0.494 e. The smallest absolute Gasteiger partial charge is 0.202 e. The van der Waals surface area contributed by atoms with Crippen LogP contribution < -0.4 is 0 Å². The third-order valence-electron chi connectivity index (χ3n) is 4.97. The summed E-state index contributed by atoms with van der Waals surface area (Å²) in [4.78, 5) is 0.218. The van der Waals surface area contributed by atoms with Gasteiger partial charge in [-0.05, 0) is 55.4 Å². The molecule has 6 heteroatoms. The van der Waals surface area contributed by atoms with Gasteiger partial charge in [0.2, 0.25) is 11.8 Å². The van der Waals surface area contributed by atoms with Crippen LogP contribution in [0, 0.1) is 0 Å². The van der Waals surface area contributed by atoms with Crippen LogP contribution in [0.4, 0.5) is 0 Å². The van der Waals surface area contributed by atoms with Gasteiger partial charge in [0, 0.05) is 17.4 Å². The van der Waals surface area contributed by atoms with Crippen molar-refractivity contribution in [2.24, 2.45) is 0 Å². The molecule has 1 aromatic carbocycles. The van der Waals surface area contributed by atoms with Crippen LogP contribution in [0.15, 0.2) is 29.2 Å². The molecule has 4 rings (SSSR count). The van der Waals surface area contributed by atoms with E-state index < -0.39 is 9.84 Å². The molecule has 22 heavy (non-hydrogen) atoms. The summed E-state index contributed by atoms with van der Waals surface area (Å²) in [6.07, 6.45) is 4.28. The zero-order chi connectivity index (χ0) is 15.6. The van der Waals surface area contributed by atoms with E-state index in [4.69, 9.17) is 0 Å². The average Bonchev–Trinajstić information content (AvgIpc) is 3.12. The van der Waals surface area contributed by atoms with E-state index in [1.165, 1.54) is 16.7 Å². The van der Waals surface area contributed by atoms with Crippen molar-refractivity contribution in [3.05, 3.63) is 35.4 Å². The number of aromatic nitrogens is 1. The molecule has 1 saturated carbocycles. The standard InChI is InChI=1S/C16H17NO4S/c1-22(20,21)12-6-4-11(5-7-12)17-15(18)13-9-2-3-10(8-9)14(13)16(17)19/h4-7,9-10,18-19H,2-3,8H2,1H3/t9-,10+. The number of benzene rings is 1. The van der Waals surface area contributed by atoms with Crippen molar-refractivity contribution in [2.75, 3.05) is 6.26 Å². The van der Waals surface area contributed by atoms with Gasteiger partial charge < -0.3 is 10.2 Å². The highest BCUT2D eigenvalue weighted by atomic mass is 32.2. The molecule has 0 unspecified atom stereocenters. The number of aromatic hydroxyl groups is 2. The zero-order valence-electron chi connectivity index (χ0n) is 12.2. The topological polar surface area (TPSA) is 79.5 Å². The van der Waals surface area contributed by atoms with Crippen LogP contribution in [0.2, 0.25) is 0 Å². The Morgan fingerprint density at radius 2 is 1.50 bits per heavy atom. The number of fused-ring (bicyclic) bond motifs is 5. The van der Waals surface area contributed by atoms with Gasteiger partial charge in [-0.2, -0.15) is 0 Å². The van der Waals surface area contributed by atoms with Crippen molar-refractivity contribution < 1.29 is 18.6 Å². The molecule has 5 nitrogen and oxygen atoms in total. The Labute approximate surface area is 128 Å². The normalized spacial score (nSPS) is 23.0. The van der Waals surface area contributed by atoms with E-state index >= 15 is 0 Å². The van der Waals surface area contributed by atoms with Crippen LogP contribution in [0.25, 0.3) is 5.69 Å². The highest BCUT2D eigenvalue weighted by Gasteiger charge is 2.44. The van der Waals surface area contributed by atoms with E-state index in [1.54, 1.807) is 12.1 Å². The van der Waals surface area contributed by atoms with Crippen LogP contribution in [0.5, 0.6) is 11.8 Å². The molecule has 1 heterocycles. The minimum atomic E-state index is -3.26. The summed E-state index contributed by atoms with van der Waals surface area (Å²) < 4.78 is 24.5. The second-order valence-electron chi connectivity index (χ2n) is 6.28. The van der Waals surface area contributed by atoms with Gasteiger partial charge in [-0.15, -0.1) is 0 Å². The zero-order valence-corrected chi connectivity index (χ0v) is 13.0. The first kappa shape index (κ1) is 13.7. The monoisotopic (exact) mass is 319 g/mol. The second kappa shape index (κ2) is 4.29. The molecular weight excluding hydrogens is 302 g/mol. The molecule has 2 bridgehead atoms. The molecule has 2 N–H and O–H groups in total. The van der Waals surface area contributed by atoms with Crippen molar-refractivity contribution in [3.8, 4) is 17.4 Å². The van der Waals surface area contributed by atoms with Gasteiger partial charge >= 0.3 is 0 Å². The maximum Gasteiger partial charge on any atom is 0.202 e. The molecule has 0 spiro atoms. The first-order valence-electron chi connectivity index (χ1n) is 7.35. The summed E-state index contributed by atoms with van der Waals surface area (Å²) in [6, 6.07) is 6.19. The molecule has 2 aromatic rings. The van der Waals surface area contributed by atoms with Crippen LogP contribution in [-0.2, 0) is 9.84 Å². The average molecular weight is 319 g/mol. The van der Waals surface area contributed by atoms with E-state index in [-0.39, 0.29) is 16.7 Å². The Morgan fingerprint density at radius 1 is 1.00 bits per heavy atom. The Bertz CT molecular complexity index is 831. The highest BCUT2D eigenvalue weighted by molar-refractivity contribution is 7.90. The van der Waals surface area contributed by atoms with Gasteiger partial charge in [0.25, 0.3) is 0 Å². The lowest BCUT2D eigenvalue weighted by Crippen LogP contribution is -1.99. The van der Waals surface area contributed by atoms with Crippen molar-refractivity contribution in [1.82, 2.24) is 4.57 Å². The fraction of sp³-hybridized carbons (Fsp3) is 0.375. The van der Waals surface area contributed by atoms with E-state index in [0.717, 1.165) is 36.6 Å². The maximum absolute atomic E-state index is 11.5. The number of rotatable bonds is 2. The van der Waals surface area contributed by atoms with Crippen molar-refractivity contribution in [3.63, 3.8) is 0 Å². The molecule has 0 saturated heterocycles. The lowest BCUT2D eigenvalue weighted by molar-refractivity contribution is 0.394. The molecule has 0 aliphatic heterocycles. The number of nitrogens with zero attached hydrogens (tertiary/aromatic N) is 1. The fourth-order valence-corrected chi connectivity index (χ4v) is 4.61. The highest BCUT2D eigenvalue weighted by Crippen LogP contribution is 2.60. The predicted octanol–water partition coefficient (Wildman–Crippen LogP) is 2.66. The van der Waals surface area contributed by atoms with E-state index in [2.05, 4.69) is 0 Å². The molecule has 0 radical (unpaired) electrons. The summed E-state index contributed by atoms with van der Waals surface area (Å²) in [5.41, 5.74) is 2.32. The maximum atomic E-state index is 11.5. The van der Waals surface area contributed by atoms with Crippen LogP contribution in [0.1, 0.15) is 42.2 Å². The Balaban J connectivity index is 1.85. The molecule has 116 valence electrons.